The van der Waals surface area contributed by atoms with Crippen molar-refractivity contribution in [2.75, 3.05) is 0 Å². The van der Waals surface area contributed by atoms with Crippen molar-refractivity contribution in [2.24, 2.45) is 0 Å². The lowest BCUT2D eigenvalue weighted by Gasteiger charge is -2.12. The maximum Gasteiger partial charge on any atom is 0.303 e. The molecule has 8 heteroatoms. The topological polar surface area (TPSA) is 107 Å². The molecule has 4 rings (SSSR count). The number of rotatable bonds is 13. The molecule has 0 amide bonds. The molecule has 186 valence electrons. The fourth-order valence-electron chi connectivity index (χ4n) is 3.43. The number of hydrogen-bond donors (Lipinski definition) is 2. The normalized spacial score (nSPS) is 11.4. The Kier molecular flexibility index (Phi) is 8.56. The summed E-state index contributed by atoms with van der Waals surface area (Å²) in [5.74, 6) is 1.60. The standard InChI is InChI=1S/C28H28N2O6/c1-20-25(29-28(36-20)26-11-7-17-33-26)19-34-23-15-13-21(14-16-23)18-35-30-24(10-5-6-12-27(31)32)22-8-3-2-4-9-22/h2-4,7-11,13-17,30H,5-6,12,18-19H2,1H3,(H,31,32). The van der Waals surface area contributed by atoms with Gasteiger partial charge in [-0.1, -0.05) is 48.5 Å². The van der Waals surface area contributed by atoms with E-state index in [1.165, 1.54) is 0 Å². The average Bonchev–Trinajstić information content (AvgIpc) is 3.55. The number of hydroxylamine groups is 1. The molecule has 0 spiro atoms. The van der Waals surface area contributed by atoms with Crippen LogP contribution < -0.4 is 10.2 Å². The number of aliphatic carboxylic acids is 1. The first-order valence-electron chi connectivity index (χ1n) is 11.7. The highest BCUT2D eigenvalue weighted by molar-refractivity contribution is 5.67. The summed E-state index contributed by atoms with van der Waals surface area (Å²) in [7, 11) is 0. The number of carboxylic acid groups (broad SMARTS) is 1. The lowest BCUT2D eigenvalue weighted by Crippen LogP contribution is -2.13. The number of furan rings is 1. The molecule has 0 aliphatic carbocycles. The number of benzene rings is 2. The van der Waals surface area contributed by atoms with Gasteiger partial charge in [0.15, 0.2) is 5.76 Å². The number of nitrogens with zero attached hydrogens (tertiary/aromatic N) is 1. The first-order chi connectivity index (χ1) is 17.6. The second-order valence-electron chi connectivity index (χ2n) is 8.09. The monoisotopic (exact) mass is 488 g/mol. The van der Waals surface area contributed by atoms with E-state index >= 15 is 0 Å². The van der Waals surface area contributed by atoms with Gasteiger partial charge in [0.05, 0.1) is 18.6 Å². The van der Waals surface area contributed by atoms with Gasteiger partial charge in [0.25, 0.3) is 5.89 Å². The van der Waals surface area contributed by atoms with Crippen LogP contribution in [0.25, 0.3) is 17.3 Å². The molecule has 0 aliphatic rings. The van der Waals surface area contributed by atoms with Crippen LogP contribution in [0.1, 0.15) is 41.8 Å². The lowest BCUT2D eigenvalue weighted by molar-refractivity contribution is -0.137. The lowest BCUT2D eigenvalue weighted by atomic mass is 10.1. The van der Waals surface area contributed by atoms with Gasteiger partial charge in [-0.3, -0.25) is 15.1 Å². The SMILES string of the molecule is Cc1oc(-c2ccco2)nc1COc1ccc(CONC(=CCCCC(=O)O)c2ccccc2)cc1. The molecule has 0 saturated carbocycles. The Morgan fingerprint density at radius 3 is 2.58 bits per heavy atom. The van der Waals surface area contributed by atoms with Gasteiger partial charge >= 0.3 is 5.97 Å². The van der Waals surface area contributed by atoms with Crippen LogP contribution in [-0.2, 0) is 22.8 Å². The Hall–Kier alpha value is -4.30. The van der Waals surface area contributed by atoms with Gasteiger partial charge in [-0.25, -0.2) is 4.98 Å². The van der Waals surface area contributed by atoms with E-state index in [2.05, 4.69) is 10.5 Å². The summed E-state index contributed by atoms with van der Waals surface area (Å²) in [6.45, 7) is 2.46. The summed E-state index contributed by atoms with van der Waals surface area (Å²) in [5.41, 5.74) is 6.45. The van der Waals surface area contributed by atoms with Crippen molar-refractivity contribution in [3.63, 3.8) is 0 Å². The molecule has 0 unspecified atom stereocenters. The minimum atomic E-state index is -0.795. The summed E-state index contributed by atoms with van der Waals surface area (Å²) in [6.07, 6.45) is 4.86. The number of carbonyl (C=O) groups is 1. The summed E-state index contributed by atoms with van der Waals surface area (Å²) in [4.78, 5) is 20.9. The molecule has 0 saturated heterocycles. The molecule has 36 heavy (non-hydrogen) atoms. The Bertz CT molecular complexity index is 1260. The minimum absolute atomic E-state index is 0.134. The molecule has 2 N–H and O–H groups in total. The van der Waals surface area contributed by atoms with Crippen molar-refractivity contribution in [1.82, 2.24) is 10.5 Å². The minimum Gasteiger partial charge on any atom is -0.487 e. The third kappa shape index (κ3) is 7.10. The highest BCUT2D eigenvalue weighted by atomic mass is 16.6. The molecular formula is C28H28N2O6. The van der Waals surface area contributed by atoms with E-state index in [-0.39, 0.29) is 13.0 Å². The van der Waals surface area contributed by atoms with Crippen LogP contribution >= 0.6 is 0 Å². The predicted molar refractivity (Wildman–Crippen MR) is 134 cm³/mol. The molecule has 8 nitrogen and oxygen atoms in total. The van der Waals surface area contributed by atoms with Crippen LogP contribution in [0.15, 0.2) is 87.9 Å². The zero-order chi connectivity index (χ0) is 25.2. The van der Waals surface area contributed by atoms with Crippen molar-refractivity contribution >= 4 is 11.7 Å². The van der Waals surface area contributed by atoms with Crippen LogP contribution in [-0.4, -0.2) is 16.1 Å². The number of ether oxygens (including phenoxy) is 1. The van der Waals surface area contributed by atoms with E-state index in [9.17, 15) is 4.79 Å². The second kappa shape index (κ2) is 12.4. The number of allylic oxidation sites excluding steroid dienone is 1. The van der Waals surface area contributed by atoms with Crippen molar-refractivity contribution in [1.29, 1.82) is 0 Å². The molecule has 0 aliphatic heterocycles. The molecule has 2 aromatic carbocycles. The number of aromatic nitrogens is 1. The number of hydrogen-bond acceptors (Lipinski definition) is 7. The van der Waals surface area contributed by atoms with Crippen molar-refractivity contribution in [3.05, 3.63) is 102 Å². The molecule has 0 bridgehead atoms. The Labute approximate surface area is 209 Å². The molecule has 4 aromatic rings. The van der Waals surface area contributed by atoms with Gasteiger partial charge < -0.3 is 18.7 Å². The van der Waals surface area contributed by atoms with Crippen LogP contribution in [0, 0.1) is 6.92 Å². The number of aryl methyl sites for hydroxylation is 1. The van der Waals surface area contributed by atoms with Crippen LogP contribution in [0.3, 0.4) is 0 Å². The van der Waals surface area contributed by atoms with Gasteiger partial charge in [-0.05, 0) is 55.2 Å². The first-order valence-corrected chi connectivity index (χ1v) is 11.7. The van der Waals surface area contributed by atoms with Gasteiger partial charge in [0, 0.05) is 6.42 Å². The van der Waals surface area contributed by atoms with E-state index in [0.29, 0.717) is 48.3 Å². The first kappa shape index (κ1) is 24.8. The number of nitrogens with one attached hydrogen (secondary N) is 1. The van der Waals surface area contributed by atoms with Crippen molar-refractivity contribution in [2.45, 2.75) is 39.4 Å². The predicted octanol–water partition coefficient (Wildman–Crippen LogP) is 6.14. The molecular weight excluding hydrogens is 460 g/mol. The number of carboxylic acids is 1. The maximum atomic E-state index is 10.8. The second-order valence-corrected chi connectivity index (χ2v) is 8.09. The van der Waals surface area contributed by atoms with Gasteiger partial charge in [0.1, 0.15) is 23.8 Å². The fraction of sp³-hybridized carbons (Fsp3) is 0.214. The quantitative estimate of drug-likeness (QED) is 0.171. The zero-order valence-corrected chi connectivity index (χ0v) is 20.0. The van der Waals surface area contributed by atoms with Crippen LogP contribution in [0.2, 0.25) is 0 Å². The van der Waals surface area contributed by atoms with E-state index in [4.69, 9.17) is 23.5 Å². The Morgan fingerprint density at radius 1 is 1.06 bits per heavy atom. The maximum absolute atomic E-state index is 10.8. The van der Waals surface area contributed by atoms with Gasteiger partial charge in [-0.2, -0.15) is 0 Å². The molecule has 0 atom stereocenters. The number of unbranched alkanes of at least 4 members (excludes halogenated alkanes) is 1. The summed E-state index contributed by atoms with van der Waals surface area (Å²) >= 11 is 0. The Morgan fingerprint density at radius 2 is 1.86 bits per heavy atom. The fourth-order valence-corrected chi connectivity index (χ4v) is 3.43. The van der Waals surface area contributed by atoms with Gasteiger partial charge in [0.2, 0.25) is 0 Å². The summed E-state index contributed by atoms with van der Waals surface area (Å²) in [6, 6.07) is 21.0. The molecule has 2 aromatic heterocycles. The van der Waals surface area contributed by atoms with Gasteiger partial charge in [-0.15, -0.1) is 0 Å². The average molecular weight is 489 g/mol. The van der Waals surface area contributed by atoms with E-state index in [0.717, 1.165) is 16.8 Å². The Balaban J connectivity index is 1.28. The number of oxazole rings is 1. The molecule has 0 radical (unpaired) electrons. The van der Waals surface area contributed by atoms with Crippen LogP contribution in [0.4, 0.5) is 0 Å². The van der Waals surface area contributed by atoms with Crippen molar-refractivity contribution in [3.8, 4) is 17.4 Å². The third-order valence-electron chi connectivity index (χ3n) is 5.37. The smallest absolute Gasteiger partial charge is 0.303 e. The highest BCUT2D eigenvalue weighted by Gasteiger charge is 2.14. The van der Waals surface area contributed by atoms with E-state index < -0.39 is 5.97 Å². The van der Waals surface area contributed by atoms with E-state index in [1.54, 1.807) is 18.4 Å². The highest BCUT2D eigenvalue weighted by Crippen LogP contribution is 2.23. The molecule has 2 heterocycles. The molecule has 0 fully saturated rings. The largest absolute Gasteiger partial charge is 0.487 e. The van der Waals surface area contributed by atoms with Crippen molar-refractivity contribution < 1.29 is 28.3 Å². The van der Waals surface area contributed by atoms with Crippen LogP contribution in [0.5, 0.6) is 5.75 Å². The summed E-state index contributed by atoms with van der Waals surface area (Å²) in [5, 5.41) is 8.84. The summed E-state index contributed by atoms with van der Waals surface area (Å²) < 4.78 is 16.9. The van der Waals surface area contributed by atoms with E-state index in [1.807, 2.05) is 67.6 Å². The third-order valence-corrected chi connectivity index (χ3v) is 5.37. The zero-order valence-electron chi connectivity index (χ0n) is 20.0.